The molecular formula is C15H16N5NaO6S2. The number of hydrogen-bond acceptors (Lipinski definition) is 11. The van der Waals surface area contributed by atoms with Gasteiger partial charge >= 0.3 is 29.6 Å². The van der Waals surface area contributed by atoms with Gasteiger partial charge in [-0.25, -0.2) is 4.98 Å². The normalized spacial score (nSPS) is 21.1. The molecule has 150 valence electrons. The molecule has 0 saturated carbocycles. The van der Waals surface area contributed by atoms with Crippen molar-refractivity contribution in [2.24, 2.45) is 5.16 Å². The molecule has 29 heavy (non-hydrogen) atoms. The van der Waals surface area contributed by atoms with Crippen molar-refractivity contribution in [1.29, 1.82) is 0 Å². The van der Waals surface area contributed by atoms with Gasteiger partial charge < -0.3 is 30.5 Å². The van der Waals surface area contributed by atoms with Crippen LogP contribution in [0, 0.1) is 0 Å². The standard InChI is InChI=1S/C15H17N5O6S2.Na/c1-25-3-6-4-27-13-9(12(22)20(13)10(6)14(23)24)18-11(21)8(19-26-2)7-5-28-15(16)17-7;/h5,9,13H,3-4H2,1-2H3,(H2,16,17)(H,18,21)(H,23,24);/q;+1/p-1/b19-8+;. The Kier molecular flexibility index (Phi) is 8.08. The van der Waals surface area contributed by atoms with Gasteiger partial charge in [0.1, 0.15) is 24.2 Å². The number of nitrogens with zero attached hydrogens (tertiary/aromatic N) is 3. The van der Waals surface area contributed by atoms with E-state index in [0.717, 1.165) is 16.2 Å². The maximum atomic E-state index is 12.6. The van der Waals surface area contributed by atoms with Crippen molar-refractivity contribution in [1.82, 2.24) is 15.2 Å². The average Bonchev–Trinajstić information content (AvgIpc) is 3.09. The third-order valence-corrected chi connectivity index (χ3v) is 6.02. The summed E-state index contributed by atoms with van der Waals surface area (Å²) in [7, 11) is 2.70. The van der Waals surface area contributed by atoms with E-state index in [2.05, 4.69) is 20.3 Å². The number of thiazole rings is 1. The third-order valence-electron chi connectivity index (χ3n) is 4.01. The van der Waals surface area contributed by atoms with Gasteiger partial charge in [-0.2, -0.15) is 0 Å². The molecule has 1 fully saturated rings. The Labute approximate surface area is 196 Å². The van der Waals surface area contributed by atoms with Gasteiger partial charge in [-0.1, -0.05) is 5.16 Å². The summed E-state index contributed by atoms with van der Waals surface area (Å²) in [4.78, 5) is 46.4. The number of β-lactam (4-membered cyclic amide) rings is 1. The molecule has 0 spiro atoms. The van der Waals surface area contributed by atoms with Crippen LogP contribution in [-0.4, -0.2) is 71.4 Å². The summed E-state index contributed by atoms with van der Waals surface area (Å²) >= 11 is 2.44. The van der Waals surface area contributed by atoms with Crippen molar-refractivity contribution in [2.45, 2.75) is 11.4 Å². The third kappa shape index (κ3) is 4.59. The van der Waals surface area contributed by atoms with E-state index in [0.29, 0.717) is 11.3 Å². The number of hydrogen-bond donors (Lipinski definition) is 2. The Morgan fingerprint density at radius 2 is 2.21 bits per heavy atom. The van der Waals surface area contributed by atoms with Crippen molar-refractivity contribution in [2.75, 3.05) is 32.3 Å². The summed E-state index contributed by atoms with van der Waals surface area (Å²) in [5.74, 6) is -2.38. The van der Waals surface area contributed by atoms with E-state index in [1.807, 2.05) is 0 Å². The van der Waals surface area contributed by atoms with Gasteiger partial charge in [-0.05, 0) is 5.57 Å². The van der Waals surface area contributed by atoms with Crippen LogP contribution in [0.1, 0.15) is 5.69 Å². The van der Waals surface area contributed by atoms with Crippen LogP contribution in [-0.2, 0) is 24.0 Å². The van der Waals surface area contributed by atoms with Gasteiger partial charge in [0.05, 0.1) is 18.3 Å². The number of nitrogen functional groups attached to an aromatic ring is 1. The molecule has 3 N–H and O–H groups in total. The first-order valence-electron chi connectivity index (χ1n) is 7.89. The maximum Gasteiger partial charge on any atom is 1.00 e. The van der Waals surface area contributed by atoms with E-state index in [1.54, 1.807) is 0 Å². The number of aromatic nitrogens is 1. The number of carbonyl (C=O) groups is 3. The number of oxime groups is 1. The Morgan fingerprint density at radius 1 is 1.48 bits per heavy atom. The summed E-state index contributed by atoms with van der Waals surface area (Å²) in [5.41, 5.74) is 5.88. The zero-order valence-corrected chi connectivity index (χ0v) is 19.5. The number of methoxy groups -OCH3 is 1. The van der Waals surface area contributed by atoms with Gasteiger partial charge in [-0.15, -0.1) is 23.1 Å². The van der Waals surface area contributed by atoms with E-state index >= 15 is 0 Å². The number of ether oxygens (including phenoxy) is 1. The predicted octanol–water partition coefficient (Wildman–Crippen LogP) is -4.87. The summed E-state index contributed by atoms with van der Waals surface area (Å²) in [6.45, 7) is 0.0692. The topological polar surface area (TPSA) is 159 Å². The number of carboxylic acid groups (broad SMARTS) is 1. The minimum atomic E-state index is -1.46. The SMILES string of the molecule is COCC1=C(C(=O)[O-])N2C(=O)C(NC(=O)/C(=N/OC)c3csc(N)n3)C2SC1.[Na+]. The van der Waals surface area contributed by atoms with Crippen molar-refractivity contribution in [3.63, 3.8) is 0 Å². The smallest absolute Gasteiger partial charge is 0.543 e. The molecule has 2 amide bonds. The number of aliphatic carboxylic acids is 1. The van der Waals surface area contributed by atoms with Crippen LogP contribution in [0.2, 0.25) is 0 Å². The summed E-state index contributed by atoms with van der Waals surface area (Å²) in [6.07, 6.45) is 0. The van der Waals surface area contributed by atoms with E-state index in [-0.39, 0.29) is 58.4 Å². The van der Waals surface area contributed by atoms with Crippen molar-refractivity contribution >= 4 is 51.7 Å². The van der Waals surface area contributed by atoms with Gasteiger partial charge in [0.25, 0.3) is 11.8 Å². The second-order valence-electron chi connectivity index (χ2n) is 5.73. The van der Waals surface area contributed by atoms with E-state index < -0.39 is 29.2 Å². The first-order chi connectivity index (χ1) is 13.4. The van der Waals surface area contributed by atoms with Crippen LogP contribution in [0.4, 0.5) is 5.13 Å². The molecule has 3 heterocycles. The van der Waals surface area contributed by atoms with E-state index in [9.17, 15) is 19.5 Å². The summed E-state index contributed by atoms with van der Waals surface area (Å²) in [5, 5.41) is 18.9. The van der Waals surface area contributed by atoms with E-state index in [4.69, 9.17) is 10.5 Å². The molecule has 0 radical (unpaired) electrons. The number of rotatable bonds is 7. The van der Waals surface area contributed by atoms with Gasteiger partial charge in [-0.3, -0.25) is 14.5 Å². The molecule has 2 unspecified atom stereocenters. The fraction of sp³-hybridized carbons (Fsp3) is 0.400. The minimum Gasteiger partial charge on any atom is -0.543 e. The Morgan fingerprint density at radius 3 is 2.76 bits per heavy atom. The van der Waals surface area contributed by atoms with Gasteiger partial charge in [0, 0.05) is 18.2 Å². The molecule has 2 atom stereocenters. The first-order valence-corrected chi connectivity index (χ1v) is 9.82. The zero-order chi connectivity index (χ0) is 20.4. The second-order valence-corrected chi connectivity index (χ2v) is 7.72. The number of carbonyl (C=O) groups excluding carboxylic acids is 3. The summed E-state index contributed by atoms with van der Waals surface area (Å²) in [6, 6.07) is -0.922. The van der Waals surface area contributed by atoms with Crippen LogP contribution in [0.15, 0.2) is 21.8 Å². The second kappa shape index (κ2) is 9.91. The molecule has 1 aromatic rings. The fourth-order valence-corrected chi connectivity index (χ4v) is 4.73. The zero-order valence-electron chi connectivity index (χ0n) is 15.8. The molecule has 3 rings (SSSR count). The maximum absolute atomic E-state index is 12.6. The van der Waals surface area contributed by atoms with Crippen molar-refractivity contribution < 1.29 is 58.6 Å². The molecule has 11 nitrogen and oxygen atoms in total. The Balaban J connectivity index is 0.00000300. The number of thioether (sulfide) groups is 1. The van der Waals surface area contributed by atoms with Crippen LogP contribution in [0.3, 0.4) is 0 Å². The Hall–Kier alpha value is -1.64. The fourth-order valence-electron chi connectivity index (χ4n) is 2.86. The number of nitrogens with one attached hydrogen (secondary N) is 1. The number of anilines is 1. The number of nitrogens with two attached hydrogens (primary N) is 1. The molecule has 2 aliphatic heterocycles. The number of amides is 2. The molecule has 14 heteroatoms. The van der Waals surface area contributed by atoms with E-state index in [1.165, 1.54) is 31.4 Å². The molecule has 2 aliphatic rings. The van der Waals surface area contributed by atoms with Crippen LogP contribution in [0.5, 0.6) is 0 Å². The molecule has 0 aromatic carbocycles. The summed E-state index contributed by atoms with van der Waals surface area (Å²) < 4.78 is 4.99. The van der Waals surface area contributed by atoms with Gasteiger partial charge in [0.15, 0.2) is 10.8 Å². The Bertz CT molecular complexity index is 888. The van der Waals surface area contributed by atoms with Crippen LogP contribution < -0.4 is 45.7 Å². The minimum absolute atomic E-state index is 0. The van der Waals surface area contributed by atoms with Crippen molar-refractivity contribution in [3.8, 4) is 0 Å². The number of carboxylic acids is 1. The monoisotopic (exact) mass is 449 g/mol. The van der Waals surface area contributed by atoms with Crippen molar-refractivity contribution in [3.05, 3.63) is 22.3 Å². The number of fused-ring (bicyclic) bond motifs is 1. The van der Waals surface area contributed by atoms with Crippen LogP contribution in [0.25, 0.3) is 0 Å². The molecule has 0 bridgehead atoms. The molecule has 1 aromatic heterocycles. The quantitative estimate of drug-likeness (QED) is 0.180. The predicted molar refractivity (Wildman–Crippen MR) is 99.0 cm³/mol. The average molecular weight is 449 g/mol. The molecule has 0 aliphatic carbocycles. The molecule has 1 saturated heterocycles. The largest absolute Gasteiger partial charge is 1.00 e. The molecular weight excluding hydrogens is 433 g/mol. The first kappa shape index (κ1) is 23.6. The van der Waals surface area contributed by atoms with Crippen LogP contribution >= 0.6 is 23.1 Å². The van der Waals surface area contributed by atoms with Gasteiger partial charge in [0.2, 0.25) is 0 Å².